The second kappa shape index (κ2) is 5.65. The molecule has 0 aliphatic rings. The lowest BCUT2D eigenvalue weighted by molar-refractivity contribution is -0.504. The molecule has 0 N–H and O–H groups in total. The fourth-order valence-electron chi connectivity index (χ4n) is 0.815. The van der Waals surface area contributed by atoms with Crippen LogP contribution in [0.15, 0.2) is 12.2 Å². The smallest absolute Gasteiger partial charge is 0.296 e. The van der Waals surface area contributed by atoms with Crippen molar-refractivity contribution in [3.63, 3.8) is 0 Å². The summed E-state index contributed by atoms with van der Waals surface area (Å²) in [5, 5.41) is 10.2. The molecule has 0 heterocycles. The summed E-state index contributed by atoms with van der Waals surface area (Å²) in [4.78, 5) is 21.0. The van der Waals surface area contributed by atoms with Crippen molar-refractivity contribution < 1.29 is 14.1 Å². The van der Waals surface area contributed by atoms with Gasteiger partial charge in [-0.1, -0.05) is 6.08 Å². The molecule has 0 rings (SSSR count). The van der Waals surface area contributed by atoms with Crippen molar-refractivity contribution in [2.45, 2.75) is 39.0 Å². The van der Waals surface area contributed by atoms with E-state index >= 15 is 0 Å². The summed E-state index contributed by atoms with van der Waals surface area (Å²) >= 11 is 0. The van der Waals surface area contributed by atoms with E-state index in [2.05, 4.69) is 0 Å². The van der Waals surface area contributed by atoms with Crippen LogP contribution in [0.25, 0.3) is 0 Å². The first kappa shape index (κ1) is 13.8. The van der Waals surface area contributed by atoms with Crippen LogP contribution in [-0.4, -0.2) is 25.3 Å². The van der Waals surface area contributed by atoms with Gasteiger partial charge in [0.1, 0.15) is 0 Å². The van der Waals surface area contributed by atoms with Gasteiger partial charge in [-0.2, -0.15) is 0 Å². The van der Waals surface area contributed by atoms with Crippen molar-refractivity contribution >= 4 is 14.3 Å². The minimum absolute atomic E-state index is 0.0997. The monoisotopic (exact) mass is 231 g/mol. The standard InChI is InChI=1S/C9H17NO4Si/c1-8(10(12)13)6-5-7-9(11)14-15(2,3)4/h5-6,8H,7H2,1-4H3. The zero-order valence-electron chi connectivity index (χ0n) is 9.52. The Hall–Kier alpha value is -1.17. The van der Waals surface area contributed by atoms with Crippen molar-refractivity contribution in [1.82, 2.24) is 0 Å². The lowest BCUT2D eigenvalue weighted by Gasteiger charge is -2.16. The summed E-state index contributed by atoms with van der Waals surface area (Å²) in [5.74, 6) is -0.319. The second-order valence-electron chi connectivity index (χ2n) is 4.24. The fourth-order valence-corrected chi connectivity index (χ4v) is 1.58. The molecule has 1 unspecified atom stereocenters. The molecule has 0 amide bonds. The van der Waals surface area contributed by atoms with Gasteiger partial charge in [0.05, 0.1) is 6.42 Å². The van der Waals surface area contributed by atoms with Gasteiger partial charge in [-0.15, -0.1) is 0 Å². The molecule has 0 aliphatic carbocycles. The van der Waals surface area contributed by atoms with Crippen LogP contribution in [0.5, 0.6) is 0 Å². The van der Waals surface area contributed by atoms with E-state index in [9.17, 15) is 14.9 Å². The highest BCUT2D eigenvalue weighted by atomic mass is 28.4. The maximum Gasteiger partial charge on any atom is 0.296 e. The molecule has 5 nitrogen and oxygen atoms in total. The van der Waals surface area contributed by atoms with Crippen molar-refractivity contribution in [2.24, 2.45) is 0 Å². The first-order valence-electron chi connectivity index (χ1n) is 4.74. The number of carbonyl (C=O) groups excluding carboxylic acids is 1. The van der Waals surface area contributed by atoms with Crippen LogP contribution in [-0.2, 0) is 9.22 Å². The third-order valence-corrected chi connectivity index (χ3v) is 2.29. The Labute approximate surface area is 90.4 Å². The highest BCUT2D eigenvalue weighted by Crippen LogP contribution is 2.05. The molecule has 0 bridgehead atoms. The lowest BCUT2D eigenvalue weighted by Crippen LogP contribution is -2.28. The Morgan fingerprint density at radius 2 is 2.07 bits per heavy atom. The van der Waals surface area contributed by atoms with E-state index in [1.807, 2.05) is 19.6 Å². The number of nitrogens with zero attached hydrogens (tertiary/aromatic N) is 1. The van der Waals surface area contributed by atoms with E-state index in [1.54, 1.807) is 0 Å². The highest BCUT2D eigenvalue weighted by molar-refractivity contribution is 6.71. The molecule has 0 aromatic heterocycles. The summed E-state index contributed by atoms with van der Waals surface area (Å²) in [6, 6.07) is -0.760. The molecule has 0 spiro atoms. The van der Waals surface area contributed by atoms with Gasteiger partial charge in [0, 0.05) is 11.8 Å². The second-order valence-corrected chi connectivity index (χ2v) is 8.67. The van der Waals surface area contributed by atoms with E-state index in [0.717, 1.165) is 0 Å². The van der Waals surface area contributed by atoms with Crippen molar-refractivity contribution in [3.8, 4) is 0 Å². The molecule has 0 aliphatic heterocycles. The zero-order valence-corrected chi connectivity index (χ0v) is 10.5. The SMILES string of the molecule is CC(C=CCC(=O)O[Si](C)(C)C)[N+](=O)[O-]. The van der Waals surface area contributed by atoms with Gasteiger partial charge in [-0.3, -0.25) is 14.9 Å². The van der Waals surface area contributed by atoms with Crippen LogP contribution in [0.4, 0.5) is 0 Å². The van der Waals surface area contributed by atoms with E-state index in [1.165, 1.54) is 19.1 Å². The van der Waals surface area contributed by atoms with E-state index in [-0.39, 0.29) is 12.4 Å². The molecule has 1 atom stereocenters. The number of hydrogen-bond acceptors (Lipinski definition) is 4. The van der Waals surface area contributed by atoms with Crippen LogP contribution >= 0.6 is 0 Å². The Morgan fingerprint density at radius 3 is 2.47 bits per heavy atom. The number of hydrogen-bond donors (Lipinski definition) is 0. The fraction of sp³-hybridized carbons (Fsp3) is 0.667. The first-order chi connectivity index (χ1) is 6.72. The van der Waals surface area contributed by atoms with Crippen molar-refractivity contribution in [3.05, 3.63) is 22.3 Å². The van der Waals surface area contributed by atoms with Crippen LogP contribution in [0, 0.1) is 10.1 Å². The van der Waals surface area contributed by atoms with Crippen molar-refractivity contribution in [1.29, 1.82) is 0 Å². The topological polar surface area (TPSA) is 69.4 Å². The molecule has 0 aromatic carbocycles. The first-order valence-corrected chi connectivity index (χ1v) is 8.15. The third kappa shape index (κ3) is 7.86. The van der Waals surface area contributed by atoms with Gasteiger partial charge in [0.2, 0.25) is 14.4 Å². The molecule has 0 saturated heterocycles. The molecule has 0 aromatic rings. The summed E-state index contributed by atoms with van der Waals surface area (Å²) in [6.07, 6.45) is 2.98. The van der Waals surface area contributed by atoms with E-state index in [4.69, 9.17) is 4.43 Å². The average Bonchev–Trinajstić information content (AvgIpc) is 2.00. The van der Waals surface area contributed by atoms with E-state index < -0.39 is 19.3 Å². The van der Waals surface area contributed by atoms with Gasteiger partial charge in [-0.05, 0) is 25.7 Å². The summed E-state index contributed by atoms with van der Waals surface area (Å²) < 4.78 is 5.16. The summed E-state index contributed by atoms with van der Waals surface area (Å²) in [5.41, 5.74) is 0. The van der Waals surface area contributed by atoms with Gasteiger partial charge >= 0.3 is 0 Å². The molecule has 0 fully saturated rings. The van der Waals surface area contributed by atoms with Crippen molar-refractivity contribution in [2.75, 3.05) is 0 Å². The molecule has 86 valence electrons. The van der Waals surface area contributed by atoms with Crippen LogP contribution in [0.1, 0.15) is 13.3 Å². The summed E-state index contributed by atoms with van der Waals surface area (Å²) in [6.45, 7) is 7.19. The molecule has 0 radical (unpaired) electrons. The minimum atomic E-state index is -1.84. The Balaban J connectivity index is 3.96. The van der Waals surface area contributed by atoms with Gasteiger partial charge in [0.15, 0.2) is 0 Å². The normalized spacial score (nSPS) is 13.9. The quantitative estimate of drug-likeness (QED) is 0.314. The molecule has 6 heteroatoms. The largest absolute Gasteiger partial charge is 0.520 e. The molecular formula is C9H17NO4Si. The van der Waals surface area contributed by atoms with Gasteiger partial charge in [-0.25, -0.2) is 0 Å². The minimum Gasteiger partial charge on any atom is -0.520 e. The number of rotatable bonds is 5. The Kier molecular flexibility index (Phi) is 5.20. The number of nitro groups is 1. The maximum atomic E-state index is 11.2. The Bertz CT molecular complexity index is 270. The van der Waals surface area contributed by atoms with Crippen LogP contribution < -0.4 is 0 Å². The molecule has 0 saturated carbocycles. The van der Waals surface area contributed by atoms with Gasteiger partial charge in [0.25, 0.3) is 5.97 Å². The van der Waals surface area contributed by atoms with Crippen LogP contribution in [0.2, 0.25) is 19.6 Å². The zero-order chi connectivity index (χ0) is 12.1. The molecular weight excluding hydrogens is 214 g/mol. The molecule has 15 heavy (non-hydrogen) atoms. The maximum absolute atomic E-state index is 11.2. The Morgan fingerprint density at radius 1 is 1.53 bits per heavy atom. The van der Waals surface area contributed by atoms with Gasteiger partial charge < -0.3 is 4.43 Å². The average molecular weight is 231 g/mol. The lowest BCUT2D eigenvalue weighted by atomic mass is 10.3. The predicted molar refractivity (Wildman–Crippen MR) is 59.7 cm³/mol. The predicted octanol–water partition coefficient (Wildman–Crippen LogP) is 1.98. The highest BCUT2D eigenvalue weighted by Gasteiger charge is 2.19. The number of carbonyl (C=O) groups is 1. The van der Waals surface area contributed by atoms with Crippen LogP contribution in [0.3, 0.4) is 0 Å². The van der Waals surface area contributed by atoms with E-state index in [0.29, 0.717) is 0 Å². The third-order valence-electron chi connectivity index (χ3n) is 1.45. The summed E-state index contributed by atoms with van der Waals surface area (Å²) in [7, 11) is -1.84.